The van der Waals surface area contributed by atoms with Crippen LogP contribution in [-0.4, -0.2) is 22.2 Å². The van der Waals surface area contributed by atoms with Crippen molar-refractivity contribution in [3.63, 3.8) is 0 Å². The molecule has 0 aromatic heterocycles. The Morgan fingerprint density at radius 2 is 1.25 bits per heavy atom. The smallest absolute Gasteiger partial charge is 0.328 e. The van der Waals surface area contributed by atoms with Crippen LogP contribution in [-0.2, 0) is 9.59 Å². The third-order valence-corrected chi connectivity index (χ3v) is 2.19. The topological polar surface area (TPSA) is 74.6 Å². The lowest BCUT2D eigenvalue weighted by molar-refractivity contribution is -0.132. The minimum absolute atomic E-state index is 0.978. The van der Waals surface area contributed by atoms with Crippen molar-refractivity contribution < 1.29 is 19.8 Å². The second kappa shape index (κ2) is 6.81. The summed E-state index contributed by atoms with van der Waals surface area (Å²) < 4.78 is 0. The first-order valence-electron chi connectivity index (χ1n) is 2.74. The molecule has 0 aliphatic carbocycles. The third kappa shape index (κ3) is 9.12. The quantitative estimate of drug-likeness (QED) is 0.404. The summed E-state index contributed by atoms with van der Waals surface area (Å²) in [5, 5.41) is 19.0. The number of carbonyl (C=O) groups is 2. The van der Waals surface area contributed by atoms with Gasteiger partial charge in [-0.1, -0.05) is 21.6 Å². The van der Waals surface area contributed by atoms with Crippen molar-refractivity contribution >= 4 is 33.5 Å². The summed E-state index contributed by atoms with van der Waals surface area (Å²) in [5.41, 5.74) is 0. The molecule has 0 aliphatic heterocycles. The zero-order valence-electron chi connectivity index (χ0n) is 5.84. The molecule has 12 heavy (non-hydrogen) atoms. The van der Waals surface area contributed by atoms with Crippen LogP contribution in [0.25, 0.3) is 0 Å². The third-order valence-electron chi connectivity index (χ3n) is 0.588. The Bertz CT molecular complexity index is 198. The fraction of sp³-hybridized carbons (Fsp3) is 0. The van der Waals surface area contributed by atoms with Gasteiger partial charge in [-0.15, -0.1) is 0 Å². The molecule has 4 nitrogen and oxygen atoms in total. The largest absolute Gasteiger partial charge is 0.478 e. The van der Waals surface area contributed by atoms with Crippen molar-refractivity contribution in [2.24, 2.45) is 0 Å². The van der Waals surface area contributed by atoms with Crippen LogP contribution in [0.5, 0.6) is 0 Å². The summed E-state index contributed by atoms with van der Waals surface area (Å²) in [4.78, 5) is 19.8. The summed E-state index contributed by atoms with van der Waals surface area (Å²) in [7, 11) is 2.26. The van der Waals surface area contributed by atoms with Crippen molar-refractivity contribution in [1.29, 1.82) is 0 Å². The fourth-order valence-electron chi connectivity index (χ4n) is 0.236. The van der Waals surface area contributed by atoms with Crippen LogP contribution in [0.1, 0.15) is 0 Å². The van der Waals surface area contributed by atoms with Crippen molar-refractivity contribution in [2.45, 2.75) is 0 Å². The van der Waals surface area contributed by atoms with E-state index < -0.39 is 11.9 Å². The van der Waals surface area contributed by atoms with Crippen LogP contribution < -0.4 is 0 Å². The lowest BCUT2D eigenvalue weighted by atomic mass is 10.7. The second-order valence-corrected chi connectivity index (χ2v) is 3.56. The number of hydrogen-bond acceptors (Lipinski definition) is 4. The summed E-state index contributed by atoms with van der Waals surface area (Å²) >= 11 is 0. The lowest BCUT2D eigenvalue weighted by Gasteiger charge is -1.83. The molecular weight excluding hydrogens is 200 g/mol. The van der Waals surface area contributed by atoms with Crippen LogP contribution >= 0.6 is 21.6 Å². The molecule has 0 unspecified atom stereocenters. The Hall–Kier alpha value is -0.880. The predicted molar refractivity (Wildman–Crippen MR) is 48.7 cm³/mol. The Balaban J connectivity index is 3.45. The first-order chi connectivity index (χ1) is 5.63. The highest BCUT2D eigenvalue weighted by molar-refractivity contribution is 8.78. The lowest BCUT2D eigenvalue weighted by Crippen LogP contribution is -1.84. The van der Waals surface area contributed by atoms with Crippen molar-refractivity contribution in [1.82, 2.24) is 0 Å². The van der Waals surface area contributed by atoms with E-state index in [2.05, 4.69) is 0 Å². The summed E-state index contributed by atoms with van der Waals surface area (Å²) in [6.45, 7) is 0. The van der Waals surface area contributed by atoms with Gasteiger partial charge in [-0.25, -0.2) is 9.59 Å². The molecule has 0 aromatic carbocycles. The maximum atomic E-state index is 9.92. The van der Waals surface area contributed by atoms with Gasteiger partial charge in [0.15, 0.2) is 0 Å². The molecule has 66 valence electrons. The van der Waals surface area contributed by atoms with Crippen LogP contribution in [0.3, 0.4) is 0 Å². The molecule has 0 aliphatic rings. The Labute approximate surface area is 76.7 Å². The zero-order valence-corrected chi connectivity index (χ0v) is 7.47. The summed E-state index contributed by atoms with van der Waals surface area (Å²) in [6.07, 6.45) is 1.96. The predicted octanol–water partition coefficient (Wildman–Crippen LogP) is 1.56. The van der Waals surface area contributed by atoms with Crippen LogP contribution in [0.15, 0.2) is 23.0 Å². The van der Waals surface area contributed by atoms with Crippen LogP contribution in [0.2, 0.25) is 0 Å². The molecule has 0 atom stereocenters. The number of aliphatic carboxylic acids is 2. The fourth-order valence-corrected chi connectivity index (χ4v) is 1.43. The van der Waals surface area contributed by atoms with Crippen molar-refractivity contribution in [2.75, 3.05) is 0 Å². The second-order valence-electron chi connectivity index (χ2n) is 1.47. The number of hydrogen-bond donors (Lipinski definition) is 2. The molecule has 0 amide bonds. The van der Waals surface area contributed by atoms with Gasteiger partial charge in [0.25, 0.3) is 0 Å². The van der Waals surface area contributed by atoms with Gasteiger partial charge < -0.3 is 10.2 Å². The highest BCUT2D eigenvalue weighted by Gasteiger charge is 1.86. The van der Waals surface area contributed by atoms with E-state index in [-0.39, 0.29) is 0 Å². The minimum Gasteiger partial charge on any atom is -0.478 e. The Morgan fingerprint density at radius 1 is 0.917 bits per heavy atom. The van der Waals surface area contributed by atoms with Crippen molar-refractivity contribution in [3.05, 3.63) is 23.0 Å². The van der Waals surface area contributed by atoms with Crippen LogP contribution in [0, 0.1) is 0 Å². The van der Waals surface area contributed by atoms with E-state index in [1.807, 2.05) is 0 Å². The molecule has 0 saturated carbocycles. The maximum Gasteiger partial charge on any atom is 0.328 e. The molecule has 0 spiro atoms. The zero-order chi connectivity index (χ0) is 9.40. The van der Waals surface area contributed by atoms with Gasteiger partial charge in [-0.05, 0) is 10.8 Å². The van der Waals surface area contributed by atoms with E-state index in [4.69, 9.17) is 10.2 Å². The molecule has 0 radical (unpaired) electrons. The van der Waals surface area contributed by atoms with Gasteiger partial charge in [-0.3, -0.25) is 0 Å². The molecular formula is C6H6O4S2. The summed E-state index contributed by atoms with van der Waals surface area (Å²) in [6, 6.07) is 0. The van der Waals surface area contributed by atoms with E-state index in [0.29, 0.717) is 0 Å². The molecule has 0 heterocycles. The van der Waals surface area contributed by atoms with E-state index in [1.54, 1.807) is 0 Å². The van der Waals surface area contributed by atoms with E-state index in [1.165, 1.54) is 10.8 Å². The van der Waals surface area contributed by atoms with E-state index >= 15 is 0 Å². The molecule has 0 saturated heterocycles. The Kier molecular flexibility index (Phi) is 6.31. The van der Waals surface area contributed by atoms with E-state index in [9.17, 15) is 9.59 Å². The van der Waals surface area contributed by atoms with Crippen molar-refractivity contribution in [3.8, 4) is 0 Å². The first kappa shape index (κ1) is 11.1. The Morgan fingerprint density at radius 3 is 1.50 bits per heavy atom. The number of carboxylic acids is 2. The number of carboxylic acid groups (broad SMARTS) is 2. The molecule has 0 bridgehead atoms. The van der Waals surface area contributed by atoms with Gasteiger partial charge in [0.1, 0.15) is 0 Å². The molecule has 0 rings (SSSR count). The normalized spacial score (nSPS) is 11.0. The molecule has 2 N–H and O–H groups in total. The van der Waals surface area contributed by atoms with Gasteiger partial charge in [0.2, 0.25) is 0 Å². The molecule has 6 heteroatoms. The average molecular weight is 206 g/mol. The van der Waals surface area contributed by atoms with E-state index in [0.717, 1.165) is 33.7 Å². The van der Waals surface area contributed by atoms with Gasteiger partial charge in [-0.2, -0.15) is 0 Å². The maximum absolute atomic E-state index is 9.92. The monoisotopic (exact) mass is 206 g/mol. The van der Waals surface area contributed by atoms with Gasteiger partial charge >= 0.3 is 11.9 Å². The van der Waals surface area contributed by atoms with Crippen LogP contribution in [0.4, 0.5) is 0 Å². The highest BCUT2D eigenvalue weighted by atomic mass is 33.1. The van der Waals surface area contributed by atoms with Gasteiger partial charge in [0, 0.05) is 12.2 Å². The average Bonchev–Trinajstić information content (AvgIpc) is 1.95. The molecule has 0 fully saturated rings. The summed E-state index contributed by atoms with van der Waals surface area (Å²) in [5.74, 6) is -2.05. The SMILES string of the molecule is O=C(O)C=CSSC=CC(=O)O. The standard InChI is InChI=1S/C6H6O4S2/c7-5(8)1-3-11-12-4-2-6(9)10/h1-4H,(H,7,8)(H,9,10). The highest BCUT2D eigenvalue weighted by Crippen LogP contribution is 2.23. The number of rotatable bonds is 5. The minimum atomic E-state index is -1.02. The first-order valence-corrected chi connectivity index (χ1v) is 5.01. The van der Waals surface area contributed by atoms with Gasteiger partial charge in [0.05, 0.1) is 0 Å². The molecule has 0 aromatic rings.